The number of hydrogen-bond donors (Lipinski definition) is 1. The maximum atomic E-state index is 13.0. The summed E-state index contributed by atoms with van der Waals surface area (Å²) in [5.74, 6) is 0.479. The van der Waals surface area contributed by atoms with E-state index in [2.05, 4.69) is 24.1 Å². The molecule has 3 rings (SSSR count). The highest BCUT2D eigenvalue weighted by Crippen LogP contribution is 2.20. The number of hydrogen-bond acceptors (Lipinski definition) is 3. The highest BCUT2D eigenvalue weighted by Gasteiger charge is 2.27. The average molecular weight is 356 g/mol. The van der Waals surface area contributed by atoms with Crippen LogP contribution >= 0.6 is 0 Å². The standard InChI is InChI=1S/C20H28N4O2/c1-3-4-6-11-21-19(25)18-22-17(16-10-5-7-13-24(16)18)20(26)23-12-8-9-15(2)14-23/h5,7,10,13,15H,3-4,6,8-9,11-12,14H2,1-2H3,(H,21,25). The van der Waals surface area contributed by atoms with Gasteiger partial charge >= 0.3 is 0 Å². The van der Waals surface area contributed by atoms with Crippen LogP contribution in [0.25, 0.3) is 5.52 Å². The van der Waals surface area contributed by atoms with E-state index < -0.39 is 0 Å². The number of nitrogens with one attached hydrogen (secondary N) is 1. The van der Waals surface area contributed by atoms with Crippen LogP contribution in [-0.2, 0) is 0 Å². The summed E-state index contributed by atoms with van der Waals surface area (Å²) in [7, 11) is 0. The lowest BCUT2D eigenvalue weighted by molar-refractivity contribution is 0.0679. The van der Waals surface area contributed by atoms with E-state index in [1.54, 1.807) is 10.6 Å². The first-order valence-corrected chi connectivity index (χ1v) is 9.66. The molecule has 0 saturated carbocycles. The Bertz CT molecular complexity index is 783. The van der Waals surface area contributed by atoms with E-state index in [4.69, 9.17) is 0 Å². The molecule has 0 radical (unpaired) electrons. The van der Waals surface area contributed by atoms with Gasteiger partial charge in [0.1, 0.15) is 0 Å². The van der Waals surface area contributed by atoms with Gasteiger partial charge in [-0.1, -0.05) is 32.8 Å². The Hall–Kier alpha value is -2.37. The lowest BCUT2D eigenvalue weighted by atomic mass is 10.00. The number of imidazole rings is 1. The summed E-state index contributed by atoms with van der Waals surface area (Å²) in [4.78, 5) is 31.9. The summed E-state index contributed by atoms with van der Waals surface area (Å²) in [6.07, 6.45) is 7.10. The molecule has 26 heavy (non-hydrogen) atoms. The van der Waals surface area contributed by atoms with Crippen molar-refractivity contribution in [2.75, 3.05) is 19.6 Å². The molecule has 140 valence electrons. The number of piperidine rings is 1. The van der Waals surface area contributed by atoms with Crippen molar-refractivity contribution in [3.8, 4) is 0 Å². The molecule has 1 aliphatic rings. The topological polar surface area (TPSA) is 66.7 Å². The number of nitrogens with zero attached hydrogens (tertiary/aromatic N) is 3. The van der Waals surface area contributed by atoms with Crippen molar-refractivity contribution in [2.45, 2.75) is 46.0 Å². The van der Waals surface area contributed by atoms with Crippen LogP contribution in [0.15, 0.2) is 24.4 Å². The van der Waals surface area contributed by atoms with Crippen molar-refractivity contribution in [2.24, 2.45) is 5.92 Å². The van der Waals surface area contributed by atoms with Crippen LogP contribution in [0.1, 0.15) is 67.1 Å². The van der Waals surface area contributed by atoms with Gasteiger partial charge in [-0.15, -0.1) is 0 Å². The summed E-state index contributed by atoms with van der Waals surface area (Å²) in [6.45, 7) is 6.43. The Kier molecular flexibility index (Phi) is 5.91. The minimum Gasteiger partial charge on any atom is -0.349 e. The fourth-order valence-corrected chi connectivity index (χ4v) is 3.53. The zero-order chi connectivity index (χ0) is 18.5. The fraction of sp³-hybridized carbons (Fsp3) is 0.550. The van der Waals surface area contributed by atoms with Gasteiger partial charge < -0.3 is 10.2 Å². The second kappa shape index (κ2) is 8.34. The van der Waals surface area contributed by atoms with Crippen LogP contribution in [0.3, 0.4) is 0 Å². The summed E-state index contributed by atoms with van der Waals surface area (Å²) >= 11 is 0. The van der Waals surface area contributed by atoms with Crippen LogP contribution in [0.4, 0.5) is 0 Å². The maximum absolute atomic E-state index is 13.0. The van der Waals surface area contributed by atoms with Gasteiger partial charge in [-0.25, -0.2) is 4.98 Å². The third-order valence-corrected chi connectivity index (χ3v) is 4.96. The molecule has 2 amide bonds. The van der Waals surface area contributed by atoms with E-state index in [1.807, 2.05) is 23.1 Å². The highest BCUT2D eigenvalue weighted by molar-refractivity contribution is 6.02. The molecule has 6 nitrogen and oxygen atoms in total. The van der Waals surface area contributed by atoms with Gasteiger partial charge in [0.05, 0.1) is 5.52 Å². The quantitative estimate of drug-likeness (QED) is 0.809. The van der Waals surface area contributed by atoms with Gasteiger partial charge in [-0.05, 0) is 37.3 Å². The monoisotopic (exact) mass is 356 g/mol. The second-order valence-corrected chi connectivity index (χ2v) is 7.20. The fourth-order valence-electron chi connectivity index (χ4n) is 3.53. The van der Waals surface area contributed by atoms with E-state index in [0.29, 0.717) is 23.7 Å². The molecule has 6 heteroatoms. The van der Waals surface area contributed by atoms with E-state index in [0.717, 1.165) is 45.2 Å². The minimum atomic E-state index is -0.228. The molecule has 0 aromatic carbocycles. The zero-order valence-corrected chi connectivity index (χ0v) is 15.7. The van der Waals surface area contributed by atoms with Gasteiger partial charge in [-0.3, -0.25) is 14.0 Å². The molecule has 0 aliphatic carbocycles. The van der Waals surface area contributed by atoms with Crippen LogP contribution in [-0.4, -0.2) is 45.7 Å². The Morgan fingerprint density at radius 1 is 1.31 bits per heavy atom. The third kappa shape index (κ3) is 3.89. The Balaban J connectivity index is 1.85. The first-order valence-electron chi connectivity index (χ1n) is 9.66. The lowest BCUT2D eigenvalue weighted by Crippen LogP contribution is -2.39. The number of pyridine rings is 1. The zero-order valence-electron chi connectivity index (χ0n) is 15.7. The normalized spacial score (nSPS) is 17.5. The molecule has 2 aromatic rings. The minimum absolute atomic E-state index is 0.0784. The Labute approximate surface area is 154 Å². The number of likely N-dealkylation sites (tertiary alicyclic amines) is 1. The summed E-state index contributed by atoms with van der Waals surface area (Å²) < 4.78 is 1.72. The van der Waals surface area contributed by atoms with E-state index in [-0.39, 0.29) is 17.6 Å². The van der Waals surface area contributed by atoms with Crippen molar-refractivity contribution in [1.82, 2.24) is 19.6 Å². The largest absolute Gasteiger partial charge is 0.349 e. The number of carbonyl (C=O) groups excluding carboxylic acids is 2. The van der Waals surface area contributed by atoms with Crippen molar-refractivity contribution >= 4 is 17.3 Å². The van der Waals surface area contributed by atoms with E-state index >= 15 is 0 Å². The van der Waals surface area contributed by atoms with Crippen LogP contribution in [0.5, 0.6) is 0 Å². The number of rotatable bonds is 6. The number of fused-ring (bicyclic) bond motifs is 1. The van der Waals surface area contributed by atoms with Gasteiger partial charge in [-0.2, -0.15) is 0 Å². The first-order chi connectivity index (χ1) is 12.6. The van der Waals surface area contributed by atoms with Gasteiger partial charge in [0.15, 0.2) is 5.69 Å². The predicted molar refractivity (Wildman–Crippen MR) is 101 cm³/mol. The van der Waals surface area contributed by atoms with Crippen LogP contribution in [0, 0.1) is 5.92 Å². The summed E-state index contributed by atoms with van der Waals surface area (Å²) in [5.41, 5.74) is 1.06. The van der Waals surface area contributed by atoms with Crippen LogP contribution < -0.4 is 5.32 Å². The maximum Gasteiger partial charge on any atom is 0.287 e. The SMILES string of the molecule is CCCCCNC(=O)c1nc(C(=O)N2CCCC(C)C2)c2ccccn12. The summed E-state index contributed by atoms with van der Waals surface area (Å²) in [6, 6.07) is 5.57. The number of unbranched alkanes of at least 4 members (excludes halogenated alkanes) is 2. The molecule has 1 atom stereocenters. The van der Waals surface area contributed by atoms with Gasteiger partial charge in [0, 0.05) is 25.8 Å². The Morgan fingerprint density at radius 3 is 2.92 bits per heavy atom. The molecule has 1 unspecified atom stereocenters. The Morgan fingerprint density at radius 2 is 2.15 bits per heavy atom. The van der Waals surface area contributed by atoms with Crippen molar-refractivity contribution in [3.05, 3.63) is 35.9 Å². The molecule has 2 aromatic heterocycles. The van der Waals surface area contributed by atoms with Gasteiger partial charge in [0.25, 0.3) is 11.8 Å². The number of aromatic nitrogens is 2. The molecule has 1 aliphatic heterocycles. The first kappa shape index (κ1) is 18.4. The van der Waals surface area contributed by atoms with Crippen molar-refractivity contribution in [1.29, 1.82) is 0 Å². The summed E-state index contributed by atoms with van der Waals surface area (Å²) in [5, 5.41) is 2.92. The molecular weight excluding hydrogens is 328 g/mol. The number of amides is 2. The molecule has 1 N–H and O–H groups in total. The molecule has 0 bridgehead atoms. The molecule has 0 spiro atoms. The predicted octanol–water partition coefficient (Wildman–Crippen LogP) is 3.13. The van der Waals surface area contributed by atoms with Crippen molar-refractivity contribution < 1.29 is 9.59 Å². The van der Waals surface area contributed by atoms with E-state index in [9.17, 15) is 9.59 Å². The lowest BCUT2D eigenvalue weighted by Gasteiger charge is -2.30. The van der Waals surface area contributed by atoms with E-state index in [1.165, 1.54) is 0 Å². The smallest absolute Gasteiger partial charge is 0.287 e. The van der Waals surface area contributed by atoms with Crippen LogP contribution in [0.2, 0.25) is 0 Å². The number of carbonyl (C=O) groups is 2. The third-order valence-electron chi connectivity index (χ3n) is 4.96. The second-order valence-electron chi connectivity index (χ2n) is 7.20. The molecular formula is C20H28N4O2. The molecule has 3 heterocycles. The molecule has 1 fully saturated rings. The highest BCUT2D eigenvalue weighted by atomic mass is 16.2. The average Bonchev–Trinajstić information content (AvgIpc) is 3.04. The molecule has 1 saturated heterocycles. The van der Waals surface area contributed by atoms with Gasteiger partial charge in [0.2, 0.25) is 5.82 Å². The van der Waals surface area contributed by atoms with Crippen molar-refractivity contribution in [3.63, 3.8) is 0 Å².